The summed E-state index contributed by atoms with van der Waals surface area (Å²) in [4.78, 5) is 13.8. The summed E-state index contributed by atoms with van der Waals surface area (Å²) in [5.74, 6) is -0.605. The van der Waals surface area contributed by atoms with Crippen molar-refractivity contribution in [1.29, 1.82) is 0 Å². The highest BCUT2D eigenvalue weighted by Gasteiger charge is 2.24. The van der Waals surface area contributed by atoms with Gasteiger partial charge >= 0.3 is 0 Å². The van der Waals surface area contributed by atoms with Gasteiger partial charge in [-0.3, -0.25) is 4.79 Å². The lowest BCUT2D eigenvalue weighted by atomic mass is 9.93. The van der Waals surface area contributed by atoms with E-state index in [-0.39, 0.29) is 23.9 Å². The van der Waals surface area contributed by atoms with E-state index >= 15 is 0 Å². The number of carbonyl (C=O) groups is 1. The van der Waals surface area contributed by atoms with Crippen molar-refractivity contribution in [2.45, 2.75) is 32.2 Å². The highest BCUT2D eigenvalue weighted by atomic mass is 35.5. The molecule has 6 heteroatoms. The van der Waals surface area contributed by atoms with Gasteiger partial charge in [0, 0.05) is 19.0 Å². The summed E-state index contributed by atoms with van der Waals surface area (Å²) in [6.07, 6.45) is 2.45. The van der Waals surface area contributed by atoms with E-state index < -0.39 is 17.7 Å². The van der Waals surface area contributed by atoms with Crippen LogP contribution < -0.4 is 5.32 Å². The summed E-state index contributed by atoms with van der Waals surface area (Å²) in [7, 11) is 1.65. The third-order valence-corrected chi connectivity index (χ3v) is 4.30. The highest BCUT2D eigenvalue weighted by molar-refractivity contribution is 5.85. The van der Waals surface area contributed by atoms with Crippen LogP contribution in [0.15, 0.2) is 18.2 Å². The monoisotopic (exact) mass is 332 g/mol. The van der Waals surface area contributed by atoms with Crippen LogP contribution in [0.2, 0.25) is 0 Å². The van der Waals surface area contributed by atoms with Gasteiger partial charge in [-0.25, -0.2) is 8.78 Å². The molecule has 1 aliphatic heterocycles. The van der Waals surface area contributed by atoms with Crippen LogP contribution in [0.25, 0.3) is 0 Å². The molecule has 1 amide bonds. The number of nitrogens with zero attached hydrogens (tertiary/aromatic N) is 1. The number of rotatable bonds is 4. The van der Waals surface area contributed by atoms with Gasteiger partial charge in [-0.2, -0.15) is 0 Å². The van der Waals surface area contributed by atoms with E-state index in [1.54, 1.807) is 14.0 Å². The van der Waals surface area contributed by atoms with Crippen LogP contribution in [-0.2, 0) is 4.79 Å². The minimum absolute atomic E-state index is 0. The molecule has 3 nitrogen and oxygen atoms in total. The Hall–Kier alpha value is -1.20. The van der Waals surface area contributed by atoms with Gasteiger partial charge in [0.1, 0.15) is 11.6 Å². The summed E-state index contributed by atoms with van der Waals surface area (Å²) < 4.78 is 27.1. The lowest BCUT2D eigenvalue weighted by Gasteiger charge is -2.29. The number of halogens is 3. The van der Waals surface area contributed by atoms with Gasteiger partial charge in [0.2, 0.25) is 5.91 Å². The van der Waals surface area contributed by atoms with Gasteiger partial charge in [-0.15, -0.1) is 12.4 Å². The van der Waals surface area contributed by atoms with Gasteiger partial charge in [-0.1, -0.05) is 0 Å². The number of carbonyl (C=O) groups excluding carboxylic acids is 1. The van der Waals surface area contributed by atoms with Gasteiger partial charge in [-0.05, 0) is 57.0 Å². The molecule has 0 radical (unpaired) electrons. The first-order valence-corrected chi connectivity index (χ1v) is 7.40. The Morgan fingerprint density at radius 3 is 2.64 bits per heavy atom. The third kappa shape index (κ3) is 4.65. The fourth-order valence-electron chi connectivity index (χ4n) is 2.74. The lowest BCUT2D eigenvalue weighted by molar-refractivity contribution is -0.133. The maximum atomic E-state index is 13.8. The molecule has 0 aliphatic carbocycles. The number of piperidine rings is 1. The zero-order chi connectivity index (χ0) is 15.4. The summed E-state index contributed by atoms with van der Waals surface area (Å²) in [5, 5.41) is 3.26. The Morgan fingerprint density at radius 2 is 2.00 bits per heavy atom. The predicted molar refractivity (Wildman–Crippen MR) is 85.0 cm³/mol. The first-order valence-electron chi connectivity index (χ1n) is 7.40. The number of nitrogens with one attached hydrogen (secondary N) is 1. The zero-order valence-electron chi connectivity index (χ0n) is 12.9. The maximum Gasteiger partial charge on any atom is 0.223 e. The minimum atomic E-state index is -0.488. The van der Waals surface area contributed by atoms with Crippen molar-refractivity contribution in [3.05, 3.63) is 35.4 Å². The summed E-state index contributed by atoms with van der Waals surface area (Å²) in [5.41, 5.74) is 0.219. The second kappa shape index (κ2) is 8.44. The van der Waals surface area contributed by atoms with Crippen molar-refractivity contribution in [2.75, 3.05) is 20.1 Å². The Morgan fingerprint density at radius 1 is 1.36 bits per heavy atom. The van der Waals surface area contributed by atoms with E-state index in [4.69, 9.17) is 0 Å². The average Bonchev–Trinajstić information content (AvgIpc) is 2.49. The highest BCUT2D eigenvalue weighted by Crippen LogP contribution is 2.25. The Balaban J connectivity index is 0.00000242. The Labute approximate surface area is 136 Å². The van der Waals surface area contributed by atoms with Crippen molar-refractivity contribution < 1.29 is 13.6 Å². The molecule has 0 spiro atoms. The molecule has 1 aliphatic rings. The van der Waals surface area contributed by atoms with Crippen LogP contribution in [0.1, 0.15) is 37.8 Å². The molecule has 0 saturated carbocycles. The van der Waals surface area contributed by atoms with Crippen LogP contribution in [0.3, 0.4) is 0 Å². The standard InChI is InChI=1S/C16H22F2N2O.ClH/c1-11(14-10-13(17)3-4-15(14)18)20(2)16(21)9-12-5-7-19-8-6-12;/h3-4,10-12,19H,5-9H2,1-2H3;1H. The van der Waals surface area contributed by atoms with Crippen LogP contribution in [0.4, 0.5) is 8.78 Å². The molecule has 2 rings (SSSR count). The summed E-state index contributed by atoms with van der Waals surface area (Å²) in [6.45, 7) is 3.60. The largest absolute Gasteiger partial charge is 0.339 e. The molecule has 0 bridgehead atoms. The second-order valence-electron chi connectivity index (χ2n) is 5.74. The van der Waals surface area contributed by atoms with Gasteiger partial charge in [0.15, 0.2) is 0 Å². The number of benzene rings is 1. The number of hydrogen-bond acceptors (Lipinski definition) is 2. The molecule has 1 fully saturated rings. The normalized spacial score (nSPS) is 16.7. The zero-order valence-corrected chi connectivity index (χ0v) is 13.8. The van der Waals surface area contributed by atoms with Crippen molar-refractivity contribution >= 4 is 18.3 Å². The lowest BCUT2D eigenvalue weighted by Crippen LogP contribution is -2.34. The van der Waals surface area contributed by atoms with Crippen molar-refractivity contribution in [2.24, 2.45) is 5.92 Å². The van der Waals surface area contributed by atoms with E-state index in [2.05, 4.69) is 5.32 Å². The van der Waals surface area contributed by atoms with Crippen molar-refractivity contribution in [1.82, 2.24) is 10.2 Å². The second-order valence-corrected chi connectivity index (χ2v) is 5.74. The fraction of sp³-hybridized carbons (Fsp3) is 0.562. The number of amides is 1. The minimum Gasteiger partial charge on any atom is -0.339 e. The van der Waals surface area contributed by atoms with E-state index in [0.29, 0.717) is 12.3 Å². The van der Waals surface area contributed by atoms with Crippen LogP contribution in [0.5, 0.6) is 0 Å². The van der Waals surface area contributed by atoms with Crippen LogP contribution >= 0.6 is 12.4 Å². The van der Waals surface area contributed by atoms with E-state index in [0.717, 1.165) is 44.1 Å². The predicted octanol–water partition coefficient (Wildman–Crippen LogP) is 3.30. The van der Waals surface area contributed by atoms with Crippen LogP contribution in [-0.4, -0.2) is 30.9 Å². The molecule has 1 heterocycles. The smallest absolute Gasteiger partial charge is 0.223 e. The Bertz CT molecular complexity index is 507. The molecule has 1 N–H and O–H groups in total. The van der Waals surface area contributed by atoms with Gasteiger partial charge in [0.05, 0.1) is 6.04 Å². The fourth-order valence-corrected chi connectivity index (χ4v) is 2.74. The molecule has 1 atom stereocenters. The maximum absolute atomic E-state index is 13.8. The van der Waals surface area contributed by atoms with Gasteiger partial charge in [0.25, 0.3) is 0 Å². The SMILES string of the molecule is CC(c1cc(F)ccc1F)N(C)C(=O)CC1CCNCC1.Cl. The molecule has 0 aromatic heterocycles. The van der Waals surface area contributed by atoms with E-state index in [1.807, 2.05) is 0 Å². The summed E-state index contributed by atoms with van der Waals surface area (Å²) >= 11 is 0. The Kier molecular flexibility index (Phi) is 7.23. The van der Waals surface area contributed by atoms with Crippen molar-refractivity contribution in [3.63, 3.8) is 0 Å². The van der Waals surface area contributed by atoms with Gasteiger partial charge < -0.3 is 10.2 Å². The number of hydrogen-bond donors (Lipinski definition) is 1. The molecular weight excluding hydrogens is 310 g/mol. The average molecular weight is 333 g/mol. The van der Waals surface area contributed by atoms with Crippen LogP contribution in [0, 0.1) is 17.6 Å². The van der Waals surface area contributed by atoms with E-state index in [1.165, 1.54) is 4.90 Å². The molecule has 1 saturated heterocycles. The topological polar surface area (TPSA) is 32.3 Å². The third-order valence-electron chi connectivity index (χ3n) is 4.30. The first-order chi connectivity index (χ1) is 9.99. The molecular formula is C16H23ClF2N2O. The molecule has 22 heavy (non-hydrogen) atoms. The quantitative estimate of drug-likeness (QED) is 0.917. The molecule has 1 aromatic carbocycles. The van der Waals surface area contributed by atoms with E-state index in [9.17, 15) is 13.6 Å². The molecule has 1 aromatic rings. The summed E-state index contributed by atoms with van der Waals surface area (Å²) in [6, 6.07) is 2.87. The first kappa shape index (κ1) is 18.8. The van der Waals surface area contributed by atoms with Crippen molar-refractivity contribution in [3.8, 4) is 0 Å². The molecule has 124 valence electrons. The molecule has 1 unspecified atom stereocenters.